The monoisotopic (exact) mass is 356 g/mol. The fraction of sp³-hybridized carbons (Fsp3) is 0.333. The number of ether oxygens (including phenoxy) is 1. The molecule has 0 aromatic carbocycles. The maximum absolute atomic E-state index is 11.9. The van der Waals surface area contributed by atoms with Gasteiger partial charge in [0.15, 0.2) is 6.61 Å². The highest BCUT2D eigenvalue weighted by Gasteiger charge is 2.15. The minimum Gasteiger partial charge on any atom is -0.466 e. The van der Waals surface area contributed by atoms with Gasteiger partial charge in [0.05, 0.1) is 11.3 Å². The lowest BCUT2D eigenvalue weighted by molar-refractivity contribution is -0.139. The largest absolute Gasteiger partial charge is 0.466 e. The van der Waals surface area contributed by atoms with Crippen molar-refractivity contribution in [3.63, 3.8) is 0 Å². The van der Waals surface area contributed by atoms with E-state index in [2.05, 4.69) is 15.3 Å². The van der Waals surface area contributed by atoms with Gasteiger partial charge in [0.25, 0.3) is 11.8 Å². The third-order valence-electron chi connectivity index (χ3n) is 4.03. The number of hydrogen-bond donors (Lipinski definition) is 0. The summed E-state index contributed by atoms with van der Waals surface area (Å²) in [6, 6.07) is 1.82. The van der Waals surface area contributed by atoms with E-state index < -0.39 is 5.97 Å². The Labute approximate surface area is 150 Å². The van der Waals surface area contributed by atoms with Gasteiger partial charge in [-0.25, -0.2) is 4.79 Å². The molecule has 0 saturated carbocycles. The van der Waals surface area contributed by atoms with Gasteiger partial charge in [0.2, 0.25) is 0 Å². The number of rotatable bonds is 5. The number of esters is 1. The van der Waals surface area contributed by atoms with Crippen LogP contribution < -0.4 is 0 Å². The lowest BCUT2D eigenvalue weighted by Gasteiger charge is -1.98. The highest BCUT2D eigenvalue weighted by Crippen LogP contribution is 2.25. The first-order valence-corrected chi connectivity index (χ1v) is 8.10. The van der Waals surface area contributed by atoms with Crippen molar-refractivity contribution in [2.75, 3.05) is 0 Å². The Hall–Kier alpha value is -3.16. The molecule has 0 bridgehead atoms. The fourth-order valence-corrected chi connectivity index (χ4v) is 2.63. The highest BCUT2D eigenvalue weighted by atomic mass is 16.5. The normalized spacial score (nSPS) is 11.4. The van der Waals surface area contributed by atoms with Crippen molar-refractivity contribution in [3.05, 3.63) is 46.5 Å². The molecule has 3 aromatic heterocycles. The van der Waals surface area contributed by atoms with Gasteiger partial charge in [-0.05, 0) is 39.8 Å². The Morgan fingerprint density at radius 2 is 2.00 bits per heavy atom. The average molecular weight is 356 g/mol. The van der Waals surface area contributed by atoms with E-state index in [1.54, 1.807) is 10.8 Å². The number of aromatic nitrogens is 4. The summed E-state index contributed by atoms with van der Waals surface area (Å²) >= 11 is 0. The lowest BCUT2D eigenvalue weighted by Crippen LogP contribution is -2.01. The molecule has 3 rings (SSSR count). The topological polar surface area (TPSA) is 96.2 Å². The van der Waals surface area contributed by atoms with Gasteiger partial charge in [0, 0.05) is 24.4 Å². The van der Waals surface area contributed by atoms with E-state index in [-0.39, 0.29) is 12.5 Å². The van der Waals surface area contributed by atoms with E-state index in [9.17, 15) is 4.79 Å². The van der Waals surface area contributed by atoms with Crippen LogP contribution in [0.3, 0.4) is 0 Å². The Morgan fingerprint density at radius 1 is 1.23 bits per heavy atom. The Kier molecular flexibility index (Phi) is 4.75. The van der Waals surface area contributed by atoms with Crippen molar-refractivity contribution in [1.82, 2.24) is 20.0 Å². The van der Waals surface area contributed by atoms with Gasteiger partial charge in [-0.15, -0.1) is 10.2 Å². The van der Waals surface area contributed by atoms with Crippen LogP contribution in [0.1, 0.15) is 34.4 Å². The Morgan fingerprint density at radius 3 is 2.62 bits per heavy atom. The molecular weight excluding hydrogens is 336 g/mol. The second kappa shape index (κ2) is 6.99. The summed E-state index contributed by atoms with van der Waals surface area (Å²) in [5.41, 5.74) is 3.45. The highest BCUT2D eigenvalue weighted by molar-refractivity contribution is 5.87. The van der Waals surface area contributed by atoms with Gasteiger partial charge < -0.3 is 13.6 Å². The minimum absolute atomic E-state index is 0.100. The molecule has 0 N–H and O–H groups in total. The number of aryl methyl sites for hydroxylation is 4. The second-order valence-electron chi connectivity index (χ2n) is 5.98. The van der Waals surface area contributed by atoms with Crippen molar-refractivity contribution in [2.24, 2.45) is 7.05 Å². The third-order valence-corrected chi connectivity index (χ3v) is 4.03. The van der Waals surface area contributed by atoms with Crippen LogP contribution in [-0.2, 0) is 23.2 Å². The summed E-state index contributed by atoms with van der Waals surface area (Å²) in [4.78, 5) is 11.9. The molecule has 0 aliphatic carbocycles. The summed E-state index contributed by atoms with van der Waals surface area (Å²) in [6.45, 7) is 7.38. The van der Waals surface area contributed by atoms with Crippen LogP contribution in [0.4, 0.5) is 0 Å². The van der Waals surface area contributed by atoms with Crippen LogP contribution in [0.2, 0.25) is 0 Å². The molecule has 0 saturated heterocycles. The number of furan rings is 1. The number of carbonyl (C=O) groups excluding carboxylic acids is 1. The molecular formula is C18H20N4O4. The molecule has 136 valence electrons. The molecule has 26 heavy (non-hydrogen) atoms. The van der Waals surface area contributed by atoms with E-state index in [0.717, 1.165) is 28.3 Å². The average Bonchev–Trinajstić information content (AvgIpc) is 3.24. The summed E-state index contributed by atoms with van der Waals surface area (Å²) in [5, 5.41) is 12.1. The standard InChI is InChI=1S/C18H20N4O4/c1-10-8-15(13(4)25-10)18-20-19-16(26-18)9-24-17(23)7-6-14-11(2)21-22(5)12(14)3/h6-8H,9H2,1-5H3/b7-6+. The molecule has 0 atom stereocenters. The van der Waals surface area contributed by atoms with Crippen molar-refractivity contribution >= 4 is 12.0 Å². The SMILES string of the molecule is Cc1cc(-c2nnc(COC(=O)/C=C/c3c(C)nn(C)c3C)o2)c(C)o1. The minimum atomic E-state index is -0.497. The summed E-state index contributed by atoms with van der Waals surface area (Å²) in [6.07, 6.45) is 3.05. The number of hydrogen-bond acceptors (Lipinski definition) is 7. The molecule has 0 amide bonds. The predicted octanol–water partition coefficient (Wildman–Crippen LogP) is 3.05. The smallest absolute Gasteiger partial charge is 0.331 e. The van der Waals surface area contributed by atoms with Gasteiger partial charge in [-0.1, -0.05) is 0 Å². The molecule has 0 radical (unpaired) electrons. The summed E-state index contributed by atoms with van der Waals surface area (Å²) in [5.74, 6) is 1.51. The molecule has 3 heterocycles. The molecule has 8 heteroatoms. The number of nitrogens with zero attached hydrogens (tertiary/aromatic N) is 4. The van der Waals surface area contributed by atoms with Crippen molar-refractivity contribution in [3.8, 4) is 11.5 Å². The molecule has 0 unspecified atom stereocenters. The second-order valence-corrected chi connectivity index (χ2v) is 5.98. The van der Waals surface area contributed by atoms with Crippen LogP contribution in [-0.4, -0.2) is 25.9 Å². The molecule has 3 aromatic rings. The van der Waals surface area contributed by atoms with Crippen LogP contribution in [0.5, 0.6) is 0 Å². The van der Waals surface area contributed by atoms with Crippen LogP contribution in [0.25, 0.3) is 17.5 Å². The van der Waals surface area contributed by atoms with Crippen LogP contribution in [0.15, 0.2) is 21.0 Å². The van der Waals surface area contributed by atoms with Crippen LogP contribution >= 0.6 is 0 Å². The molecule has 0 aliphatic rings. The summed E-state index contributed by atoms with van der Waals surface area (Å²) < 4.78 is 17.9. The summed E-state index contributed by atoms with van der Waals surface area (Å²) in [7, 11) is 1.86. The van der Waals surface area contributed by atoms with Crippen molar-refractivity contribution < 1.29 is 18.4 Å². The van der Waals surface area contributed by atoms with E-state index in [0.29, 0.717) is 11.7 Å². The molecule has 0 fully saturated rings. The molecule has 0 aliphatic heterocycles. The quantitative estimate of drug-likeness (QED) is 0.512. The van der Waals surface area contributed by atoms with E-state index >= 15 is 0 Å². The fourth-order valence-electron chi connectivity index (χ4n) is 2.63. The molecule has 0 spiro atoms. The third kappa shape index (κ3) is 3.58. The van der Waals surface area contributed by atoms with Gasteiger partial charge in [0.1, 0.15) is 11.5 Å². The lowest BCUT2D eigenvalue weighted by atomic mass is 10.2. The first-order chi connectivity index (χ1) is 12.3. The maximum Gasteiger partial charge on any atom is 0.331 e. The Bertz CT molecular complexity index is 978. The van der Waals surface area contributed by atoms with E-state index in [1.807, 2.05) is 40.8 Å². The van der Waals surface area contributed by atoms with Gasteiger partial charge in [-0.2, -0.15) is 5.10 Å². The first-order valence-electron chi connectivity index (χ1n) is 8.10. The van der Waals surface area contributed by atoms with Crippen molar-refractivity contribution in [2.45, 2.75) is 34.3 Å². The molecule has 8 nitrogen and oxygen atoms in total. The Balaban J connectivity index is 1.62. The zero-order chi connectivity index (χ0) is 18.8. The van der Waals surface area contributed by atoms with Gasteiger partial charge >= 0.3 is 5.97 Å². The van der Waals surface area contributed by atoms with E-state index in [1.165, 1.54) is 6.08 Å². The van der Waals surface area contributed by atoms with E-state index in [4.69, 9.17) is 13.6 Å². The van der Waals surface area contributed by atoms with Gasteiger partial charge in [-0.3, -0.25) is 4.68 Å². The van der Waals surface area contributed by atoms with Crippen molar-refractivity contribution in [1.29, 1.82) is 0 Å². The zero-order valence-corrected chi connectivity index (χ0v) is 15.4. The zero-order valence-electron chi connectivity index (χ0n) is 15.4. The van der Waals surface area contributed by atoms with Crippen LogP contribution in [0, 0.1) is 27.7 Å². The predicted molar refractivity (Wildman–Crippen MR) is 93.0 cm³/mol. The maximum atomic E-state index is 11.9. The number of carbonyl (C=O) groups is 1. The first kappa shape index (κ1) is 17.7.